The minimum atomic E-state index is 0.296. The molecule has 0 radical (unpaired) electrons. The first kappa shape index (κ1) is 21.1. The number of thiophene rings is 1. The molecule has 1 aromatic carbocycles. The van der Waals surface area contributed by atoms with Gasteiger partial charge in [0, 0.05) is 11.3 Å². The van der Waals surface area contributed by atoms with Gasteiger partial charge in [-0.05, 0) is 79.2 Å². The smallest absolute Gasteiger partial charge is 0.173 e. The number of aryl methyl sites for hydroxylation is 4. The lowest BCUT2D eigenvalue weighted by Crippen LogP contribution is -2.28. The molecule has 3 rings (SSSR count). The lowest BCUT2D eigenvalue weighted by Gasteiger charge is -2.36. The molecule has 0 atom stereocenters. The monoisotopic (exact) mass is 398 g/mol. The van der Waals surface area contributed by atoms with Crippen molar-refractivity contribution >= 4 is 17.1 Å². The molecule has 1 aliphatic carbocycles. The van der Waals surface area contributed by atoms with Crippen molar-refractivity contribution in [2.24, 2.45) is 5.41 Å². The highest BCUT2D eigenvalue weighted by molar-refractivity contribution is 7.14. The third-order valence-corrected chi connectivity index (χ3v) is 8.38. The molecule has 0 bridgehead atoms. The van der Waals surface area contributed by atoms with Crippen LogP contribution in [0.2, 0.25) is 0 Å². The predicted octanol–water partition coefficient (Wildman–Crippen LogP) is 6.74. The number of phenolic OH excluding ortho intramolecular Hbond substituents is 1. The van der Waals surface area contributed by atoms with Crippen LogP contribution >= 0.6 is 11.3 Å². The Labute approximate surface area is 174 Å². The number of Topliss-reactive ketones (excluding diaryl/α,β-unsaturated/α-hetero) is 1. The van der Waals surface area contributed by atoms with E-state index in [1.165, 1.54) is 35.3 Å². The van der Waals surface area contributed by atoms with E-state index in [1.54, 1.807) is 11.3 Å². The van der Waals surface area contributed by atoms with Crippen LogP contribution in [0.15, 0.2) is 12.1 Å². The van der Waals surface area contributed by atoms with E-state index in [-0.39, 0.29) is 0 Å². The van der Waals surface area contributed by atoms with Crippen LogP contribution in [0.5, 0.6) is 5.75 Å². The van der Waals surface area contributed by atoms with Gasteiger partial charge < -0.3 is 5.11 Å². The zero-order valence-electron chi connectivity index (χ0n) is 18.1. The standard InChI is InChI=1S/C25H34O2S/c1-6-22-20-15-25(7-2,8-3)12-11-19(20)24(28-22)21(26)10-9-18-13-16(4)23(27)17(5)14-18/h13-14,27H,6-12,15H2,1-5H3. The Balaban J connectivity index is 1.81. The molecule has 1 aliphatic rings. The van der Waals surface area contributed by atoms with E-state index in [9.17, 15) is 9.90 Å². The average Bonchev–Trinajstić information content (AvgIpc) is 3.07. The third kappa shape index (κ3) is 3.91. The summed E-state index contributed by atoms with van der Waals surface area (Å²) < 4.78 is 0. The molecular formula is C25H34O2S. The Hall–Kier alpha value is -1.61. The van der Waals surface area contributed by atoms with Crippen molar-refractivity contribution in [3.8, 4) is 5.75 Å². The average molecular weight is 399 g/mol. The highest BCUT2D eigenvalue weighted by Gasteiger charge is 2.35. The second-order valence-corrected chi connectivity index (χ2v) is 9.66. The lowest BCUT2D eigenvalue weighted by atomic mass is 9.68. The molecule has 0 unspecified atom stereocenters. The van der Waals surface area contributed by atoms with Crippen LogP contribution in [0.3, 0.4) is 0 Å². The van der Waals surface area contributed by atoms with Crippen LogP contribution < -0.4 is 0 Å². The fourth-order valence-electron chi connectivity index (χ4n) is 4.80. The van der Waals surface area contributed by atoms with Crippen molar-refractivity contribution in [2.45, 2.75) is 86.0 Å². The van der Waals surface area contributed by atoms with Crippen LogP contribution in [-0.2, 0) is 25.7 Å². The fourth-order valence-corrected chi connectivity index (χ4v) is 6.07. The number of benzene rings is 1. The molecule has 2 nitrogen and oxygen atoms in total. The first-order valence-electron chi connectivity index (χ1n) is 10.8. The van der Waals surface area contributed by atoms with E-state index < -0.39 is 0 Å². The second kappa shape index (κ2) is 8.41. The first-order chi connectivity index (χ1) is 13.3. The van der Waals surface area contributed by atoms with E-state index in [0.717, 1.165) is 47.3 Å². The Morgan fingerprint density at radius 3 is 2.32 bits per heavy atom. The van der Waals surface area contributed by atoms with Gasteiger partial charge in [-0.2, -0.15) is 0 Å². The summed E-state index contributed by atoms with van der Waals surface area (Å²) in [4.78, 5) is 15.6. The summed E-state index contributed by atoms with van der Waals surface area (Å²) in [7, 11) is 0. The number of carbonyl (C=O) groups excluding carboxylic acids is 1. The molecule has 28 heavy (non-hydrogen) atoms. The number of hydrogen-bond donors (Lipinski definition) is 1. The third-order valence-electron chi connectivity index (χ3n) is 6.92. The number of phenols is 1. The molecule has 1 heterocycles. The van der Waals surface area contributed by atoms with Crippen molar-refractivity contribution < 1.29 is 9.90 Å². The summed E-state index contributed by atoms with van der Waals surface area (Å²) in [6.07, 6.45) is 8.19. The molecule has 0 fully saturated rings. The largest absolute Gasteiger partial charge is 0.507 e. The first-order valence-corrected chi connectivity index (χ1v) is 11.6. The summed E-state index contributed by atoms with van der Waals surface area (Å²) in [5.74, 6) is 0.662. The summed E-state index contributed by atoms with van der Waals surface area (Å²) in [6.45, 7) is 10.7. The minimum Gasteiger partial charge on any atom is -0.507 e. The van der Waals surface area contributed by atoms with Gasteiger partial charge in [0.25, 0.3) is 0 Å². The Morgan fingerprint density at radius 2 is 1.75 bits per heavy atom. The molecule has 0 saturated carbocycles. The SMILES string of the molecule is CCc1sc(C(=O)CCc2cc(C)c(O)c(C)c2)c2c1CC(CC)(CC)CC2. The maximum atomic E-state index is 13.1. The van der Waals surface area contributed by atoms with Crippen LogP contribution in [0.1, 0.15) is 88.8 Å². The number of fused-ring (bicyclic) bond motifs is 1. The molecule has 0 spiro atoms. The van der Waals surface area contributed by atoms with E-state index in [0.29, 0.717) is 23.4 Å². The number of aromatic hydroxyl groups is 1. The normalized spacial score (nSPS) is 15.5. The Bertz CT molecular complexity index is 848. The van der Waals surface area contributed by atoms with Gasteiger partial charge in [0.05, 0.1) is 4.88 Å². The maximum absolute atomic E-state index is 13.1. The highest BCUT2D eigenvalue weighted by atomic mass is 32.1. The summed E-state index contributed by atoms with van der Waals surface area (Å²) >= 11 is 1.76. The molecular weight excluding hydrogens is 364 g/mol. The Morgan fingerprint density at radius 1 is 1.11 bits per heavy atom. The zero-order valence-corrected chi connectivity index (χ0v) is 18.9. The van der Waals surface area contributed by atoms with Crippen LogP contribution in [0, 0.1) is 19.3 Å². The van der Waals surface area contributed by atoms with Crippen LogP contribution in [0.4, 0.5) is 0 Å². The molecule has 0 saturated heterocycles. The number of rotatable bonds is 7. The van der Waals surface area contributed by atoms with Gasteiger partial charge in [-0.25, -0.2) is 0 Å². The van der Waals surface area contributed by atoms with Gasteiger partial charge >= 0.3 is 0 Å². The van der Waals surface area contributed by atoms with Gasteiger partial charge in [0.15, 0.2) is 5.78 Å². The second-order valence-electron chi connectivity index (χ2n) is 8.55. The van der Waals surface area contributed by atoms with Crippen molar-refractivity contribution in [1.82, 2.24) is 0 Å². The van der Waals surface area contributed by atoms with Crippen molar-refractivity contribution in [2.75, 3.05) is 0 Å². The summed E-state index contributed by atoms with van der Waals surface area (Å²) in [6, 6.07) is 4.02. The van der Waals surface area contributed by atoms with Gasteiger partial charge in [-0.3, -0.25) is 4.79 Å². The van der Waals surface area contributed by atoms with E-state index in [1.807, 2.05) is 26.0 Å². The number of ketones is 1. The molecule has 1 aromatic heterocycles. The maximum Gasteiger partial charge on any atom is 0.173 e. The molecule has 3 heteroatoms. The van der Waals surface area contributed by atoms with E-state index >= 15 is 0 Å². The number of hydrogen-bond acceptors (Lipinski definition) is 3. The highest BCUT2D eigenvalue weighted by Crippen LogP contribution is 2.46. The quantitative estimate of drug-likeness (QED) is 0.524. The van der Waals surface area contributed by atoms with Gasteiger partial charge in [-0.15, -0.1) is 11.3 Å². The summed E-state index contributed by atoms with van der Waals surface area (Å²) in [5.41, 5.74) is 6.21. The molecule has 0 aliphatic heterocycles. The molecule has 2 aromatic rings. The fraction of sp³-hybridized carbons (Fsp3) is 0.560. The zero-order chi connectivity index (χ0) is 20.5. The van der Waals surface area contributed by atoms with E-state index in [2.05, 4.69) is 20.8 Å². The van der Waals surface area contributed by atoms with Gasteiger partial charge in [0.2, 0.25) is 0 Å². The lowest BCUT2D eigenvalue weighted by molar-refractivity contribution is 0.0985. The topological polar surface area (TPSA) is 37.3 Å². The van der Waals surface area contributed by atoms with E-state index in [4.69, 9.17) is 0 Å². The van der Waals surface area contributed by atoms with Crippen LogP contribution in [-0.4, -0.2) is 10.9 Å². The van der Waals surface area contributed by atoms with Crippen molar-refractivity contribution in [3.63, 3.8) is 0 Å². The van der Waals surface area contributed by atoms with Gasteiger partial charge in [0.1, 0.15) is 5.75 Å². The van der Waals surface area contributed by atoms with Crippen molar-refractivity contribution in [3.05, 3.63) is 49.7 Å². The van der Waals surface area contributed by atoms with Crippen molar-refractivity contribution in [1.29, 1.82) is 0 Å². The summed E-state index contributed by atoms with van der Waals surface area (Å²) in [5, 5.41) is 9.97. The Kier molecular flexibility index (Phi) is 6.34. The number of carbonyl (C=O) groups is 1. The minimum absolute atomic E-state index is 0.296. The molecule has 0 amide bonds. The predicted molar refractivity (Wildman–Crippen MR) is 119 cm³/mol. The van der Waals surface area contributed by atoms with Gasteiger partial charge in [-0.1, -0.05) is 45.7 Å². The molecule has 152 valence electrons. The van der Waals surface area contributed by atoms with Crippen LogP contribution in [0.25, 0.3) is 0 Å². The molecule has 1 N–H and O–H groups in total.